The molecule has 1 heterocycles. The molecular weight excluding hydrogens is 270 g/mol. The van der Waals surface area contributed by atoms with Crippen molar-refractivity contribution < 1.29 is 5.11 Å². The van der Waals surface area contributed by atoms with Crippen LogP contribution in [0, 0.1) is 12.8 Å². The van der Waals surface area contributed by atoms with Crippen LogP contribution < -0.4 is 0 Å². The number of aryl methyl sites for hydroxylation is 1. The number of hydrogen-bond acceptors (Lipinski definition) is 2. The fraction of sp³-hybridized carbons (Fsp3) is 0.400. The van der Waals surface area contributed by atoms with Gasteiger partial charge in [-0.3, -0.25) is 4.90 Å². The lowest BCUT2D eigenvalue weighted by Crippen LogP contribution is -2.35. The van der Waals surface area contributed by atoms with Crippen LogP contribution in [0.25, 0.3) is 0 Å². The molecule has 0 spiro atoms. The number of nitrogens with zero attached hydrogens (tertiary/aromatic N) is 1. The molecule has 1 N–H and O–H groups in total. The minimum Gasteiger partial charge on any atom is -0.388 e. The average Bonchev–Trinajstić information content (AvgIpc) is 2.58. The Kier molecular flexibility index (Phi) is 4.91. The second-order valence-corrected chi connectivity index (χ2v) is 6.40. The van der Waals surface area contributed by atoms with Gasteiger partial charge in [-0.1, -0.05) is 54.6 Å². The second kappa shape index (κ2) is 7.08. The van der Waals surface area contributed by atoms with Crippen molar-refractivity contribution in [3.63, 3.8) is 0 Å². The molecule has 1 fully saturated rings. The van der Waals surface area contributed by atoms with E-state index in [0.29, 0.717) is 5.92 Å². The molecule has 0 amide bonds. The Labute approximate surface area is 133 Å². The molecular formula is C20H25NO. The zero-order chi connectivity index (χ0) is 15.4. The van der Waals surface area contributed by atoms with Crippen LogP contribution >= 0.6 is 0 Å². The van der Waals surface area contributed by atoms with Crippen molar-refractivity contribution in [2.45, 2.75) is 32.4 Å². The van der Waals surface area contributed by atoms with Crippen LogP contribution in [-0.4, -0.2) is 23.1 Å². The molecule has 22 heavy (non-hydrogen) atoms. The normalized spacial score (nSPS) is 18.3. The number of rotatable bonds is 4. The van der Waals surface area contributed by atoms with Gasteiger partial charge < -0.3 is 5.11 Å². The highest BCUT2D eigenvalue weighted by Crippen LogP contribution is 2.31. The van der Waals surface area contributed by atoms with Crippen LogP contribution in [0.3, 0.4) is 0 Å². The van der Waals surface area contributed by atoms with Gasteiger partial charge in [-0.05, 0) is 55.5 Å². The van der Waals surface area contributed by atoms with Gasteiger partial charge in [0, 0.05) is 6.54 Å². The number of hydrogen-bond donors (Lipinski definition) is 1. The highest BCUT2D eigenvalue weighted by molar-refractivity contribution is 5.25. The van der Waals surface area contributed by atoms with E-state index in [1.165, 1.54) is 11.1 Å². The molecule has 0 radical (unpaired) electrons. The van der Waals surface area contributed by atoms with E-state index >= 15 is 0 Å². The maximum Gasteiger partial charge on any atom is 0.0819 e. The third-order valence-corrected chi connectivity index (χ3v) is 4.88. The summed E-state index contributed by atoms with van der Waals surface area (Å²) in [5.74, 6) is 0.385. The highest BCUT2D eigenvalue weighted by atomic mass is 16.3. The van der Waals surface area contributed by atoms with Crippen molar-refractivity contribution >= 4 is 0 Å². The molecule has 1 aliphatic heterocycles. The van der Waals surface area contributed by atoms with E-state index in [4.69, 9.17) is 0 Å². The quantitative estimate of drug-likeness (QED) is 0.923. The Morgan fingerprint density at radius 3 is 2.32 bits per heavy atom. The average molecular weight is 295 g/mol. The van der Waals surface area contributed by atoms with E-state index in [-0.39, 0.29) is 6.10 Å². The first-order valence-electron chi connectivity index (χ1n) is 8.24. The summed E-state index contributed by atoms with van der Waals surface area (Å²) in [5, 5.41) is 10.5. The van der Waals surface area contributed by atoms with Crippen LogP contribution in [-0.2, 0) is 6.54 Å². The van der Waals surface area contributed by atoms with E-state index in [1.807, 2.05) is 30.3 Å². The zero-order valence-electron chi connectivity index (χ0n) is 13.3. The van der Waals surface area contributed by atoms with Crippen LogP contribution in [0.1, 0.15) is 35.6 Å². The van der Waals surface area contributed by atoms with Gasteiger partial charge in [0.25, 0.3) is 0 Å². The molecule has 3 rings (SSSR count). The largest absolute Gasteiger partial charge is 0.388 e. The summed E-state index contributed by atoms with van der Waals surface area (Å²) < 4.78 is 0. The topological polar surface area (TPSA) is 23.5 Å². The van der Waals surface area contributed by atoms with Crippen LogP contribution in [0.4, 0.5) is 0 Å². The summed E-state index contributed by atoms with van der Waals surface area (Å²) in [6, 6.07) is 18.7. The Morgan fingerprint density at radius 1 is 1.00 bits per heavy atom. The molecule has 2 nitrogen and oxygen atoms in total. The second-order valence-electron chi connectivity index (χ2n) is 6.40. The smallest absolute Gasteiger partial charge is 0.0819 e. The number of piperidine rings is 1. The van der Waals surface area contributed by atoms with E-state index in [2.05, 4.69) is 36.1 Å². The molecule has 1 saturated heterocycles. The standard InChI is InChI=1S/C20H25NO/c1-16-7-5-6-10-19(16)15-21-13-11-18(12-14-21)20(22)17-8-3-2-4-9-17/h2-10,18,20,22H,11-15H2,1H3. The summed E-state index contributed by atoms with van der Waals surface area (Å²) >= 11 is 0. The Bertz CT molecular complexity index is 588. The van der Waals surface area contributed by atoms with E-state index in [9.17, 15) is 5.11 Å². The van der Waals surface area contributed by atoms with Crippen LogP contribution in [0.2, 0.25) is 0 Å². The minimum absolute atomic E-state index is 0.318. The number of benzene rings is 2. The number of likely N-dealkylation sites (tertiary alicyclic amines) is 1. The van der Waals surface area contributed by atoms with E-state index < -0.39 is 0 Å². The van der Waals surface area contributed by atoms with Gasteiger partial charge in [0.05, 0.1) is 6.10 Å². The van der Waals surface area contributed by atoms with Gasteiger partial charge >= 0.3 is 0 Å². The molecule has 1 unspecified atom stereocenters. The number of aliphatic hydroxyl groups is 1. The first-order valence-corrected chi connectivity index (χ1v) is 8.24. The van der Waals surface area contributed by atoms with Gasteiger partial charge in [0.1, 0.15) is 0 Å². The summed E-state index contributed by atoms with van der Waals surface area (Å²) in [7, 11) is 0. The maximum absolute atomic E-state index is 10.5. The van der Waals surface area contributed by atoms with Gasteiger partial charge in [-0.15, -0.1) is 0 Å². The molecule has 1 atom stereocenters. The summed E-state index contributed by atoms with van der Waals surface area (Å²) in [5.41, 5.74) is 3.85. The van der Waals surface area contributed by atoms with Crippen molar-refractivity contribution in [2.75, 3.05) is 13.1 Å². The lowest BCUT2D eigenvalue weighted by Gasteiger charge is -2.34. The van der Waals surface area contributed by atoms with Crippen molar-refractivity contribution in [3.8, 4) is 0 Å². The molecule has 0 aromatic heterocycles. The van der Waals surface area contributed by atoms with Gasteiger partial charge in [0.2, 0.25) is 0 Å². The Hall–Kier alpha value is -1.64. The summed E-state index contributed by atoms with van der Waals surface area (Å²) in [6.45, 7) is 5.36. The van der Waals surface area contributed by atoms with Gasteiger partial charge in [-0.2, -0.15) is 0 Å². The van der Waals surface area contributed by atoms with Gasteiger partial charge in [-0.25, -0.2) is 0 Å². The molecule has 1 aliphatic rings. The molecule has 0 aliphatic carbocycles. The van der Waals surface area contributed by atoms with Gasteiger partial charge in [0.15, 0.2) is 0 Å². The van der Waals surface area contributed by atoms with Crippen molar-refractivity contribution in [1.82, 2.24) is 4.90 Å². The van der Waals surface area contributed by atoms with Crippen molar-refractivity contribution in [2.24, 2.45) is 5.92 Å². The zero-order valence-corrected chi connectivity index (χ0v) is 13.3. The molecule has 0 bridgehead atoms. The molecule has 2 heteroatoms. The maximum atomic E-state index is 10.5. The summed E-state index contributed by atoms with van der Waals surface area (Å²) in [6.07, 6.45) is 1.82. The van der Waals surface area contributed by atoms with Crippen LogP contribution in [0.5, 0.6) is 0 Å². The SMILES string of the molecule is Cc1ccccc1CN1CCC(C(O)c2ccccc2)CC1. The fourth-order valence-electron chi connectivity index (χ4n) is 3.38. The van der Waals surface area contributed by atoms with Crippen LogP contribution in [0.15, 0.2) is 54.6 Å². The number of aliphatic hydroxyl groups excluding tert-OH is 1. The molecule has 2 aromatic rings. The monoisotopic (exact) mass is 295 g/mol. The van der Waals surface area contributed by atoms with E-state index in [1.54, 1.807) is 0 Å². The predicted molar refractivity (Wildman–Crippen MR) is 90.6 cm³/mol. The molecule has 0 saturated carbocycles. The van der Waals surface area contributed by atoms with Crippen molar-refractivity contribution in [3.05, 3.63) is 71.3 Å². The first kappa shape index (κ1) is 15.3. The highest BCUT2D eigenvalue weighted by Gasteiger charge is 2.26. The van der Waals surface area contributed by atoms with E-state index in [0.717, 1.165) is 38.0 Å². The minimum atomic E-state index is -0.318. The lowest BCUT2D eigenvalue weighted by molar-refractivity contribution is 0.0567. The Morgan fingerprint density at radius 2 is 1.64 bits per heavy atom. The predicted octanol–water partition coefficient (Wildman–Crippen LogP) is 3.94. The lowest BCUT2D eigenvalue weighted by atomic mass is 9.87. The first-order chi connectivity index (χ1) is 10.7. The Balaban J connectivity index is 1.55. The molecule has 116 valence electrons. The molecule has 2 aromatic carbocycles. The van der Waals surface area contributed by atoms with Crippen molar-refractivity contribution in [1.29, 1.82) is 0 Å². The fourth-order valence-corrected chi connectivity index (χ4v) is 3.38. The third kappa shape index (κ3) is 3.57. The third-order valence-electron chi connectivity index (χ3n) is 4.88. The summed E-state index contributed by atoms with van der Waals surface area (Å²) in [4.78, 5) is 2.51.